The molecule has 0 aliphatic carbocycles. The van der Waals surface area contributed by atoms with E-state index in [0.717, 1.165) is 16.8 Å². The second-order valence-corrected chi connectivity index (χ2v) is 4.76. The zero-order valence-corrected chi connectivity index (χ0v) is 11.3. The van der Waals surface area contributed by atoms with Gasteiger partial charge >= 0.3 is 0 Å². The maximum atomic E-state index is 8.86. The second-order valence-electron chi connectivity index (χ2n) is 4.35. The number of anilines is 2. The van der Waals surface area contributed by atoms with Gasteiger partial charge in [0.25, 0.3) is 0 Å². The van der Waals surface area contributed by atoms with Crippen molar-refractivity contribution in [1.29, 1.82) is 5.26 Å². The van der Waals surface area contributed by atoms with E-state index >= 15 is 0 Å². The summed E-state index contributed by atoms with van der Waals surface area (Å²) in [6, 6.07) is 13.3. The molecule has 2 aromatic rings. The number of hydrogen-bond donors (Lipinski definition) is 2. The molecule has 96 valence electrons. The van der Waals surface area contributed by atoms with Crippen LogP contribution in [0.25, 0.3) is 0 Å². The van der Waals surface area contributed by atoms with E-state index in [1.807, 2.05) is 37.3 Å². The van der Waals surface area contributed by atoms with Crippen molar-refractivity contribution < 1.29 is 0 Å². The van der Waals surface area contributed by atoms with Crippen molar-refractivity contribution in [1.82, 2.24) is 0 Å². The van der Waals surface area contributed by atoms with Crippen LogP contribution in [0.2, 0.25) is 5.02 Å². The Labute approximate surface area is 117 Å². The largest absolute Gasteiger partial charge is 0.398 e. The third-order valence-corrected chi connectivity index (χ3v) is 3.21. The summed E-state index contributed by atoms with van der Waals surface area (Å²) in [4.78, 5) is 0. The normalized spacial score (nSPS) is 9.95. The molecule has 3 N–H and O–H groups in total. The van der Waals surface area contributed by atoms with Crippen LogP contribution in [-0.4, -0.2) is 0 Å². The number of nitrogen functional groups attached to an aromatic ring is 1. The fourth-order valence-corrected chi connectivity index (χ4v) is 2.01. The average molecular weight is 272 g/mol. The third kappa shape index (κ3) is 3.18. The van der Waals surface area contributed by atoms with Gasteiger partial charge in [-0.05, 0) is 42.3 Å². The van der Waals surface area contributed by atoms with E-state index < -0.39 is 0 Å². The van der Waals surface area contributed by atoms with Gasteiger partial charge in [0.05, 0.1) is 22.3 Å². The molecule has 0 fully saturated rings. The minimum absolute atomic E-state index is 0.541. The highest BCUT2D eigenvalue weighted by Gasteiger charge is 2.03. The van der Waals surface area contributed by atoms with Gasteiger partial charge in [-0.1, -0.05) is 23.7 Å². The Morgan fingerprint density at radius 3 is 2.84 bits per heavy atom. The molecule has 0 atom stereocenters. The van der Waals surface area contributed by atoms with Crippen molar-refractivity contribution in [3.63, 3.8) is 0 Å². The first kappa shape index (κ1) is 13.3. The number of hydrogen-bond acceptors (Lipinski definition) is 3. The number of nitrogens with one attached hydrogen (secondary N) is 1. The van der Waals surface area contributed by atoms with Gasteiger partial charge in [0.1, 0.15) is 0 Å². The molecule has 3 nitrogen and oxygen atoms in total. The first-order valence-corrected chi connectivity index (χ1v) is 6.26. The zero-order chi connectivity index (χ0) is 13.8. The van der Waals surface area contributed by atoms with E-state index in [4.69, 9.17) is 22.6 Å². The summed E-state index contributed by atoms with van der Waals surface area (Å²) in [6.07, 6.45) is 0. The smallest absolute Gasteiger partial charge is 0.0991 e. The summed E-state index contributed by atoms with van der Waals surface area (Å²) in [5, 5.41) is 12.7. The minimum Gasteiger partial charge on any atom is -0.398 e. The van der Waals surface area contributed by atoms with Crippen LogP contribution < -0.4 is 11.1 Å². The number of nitriles is 1. The maximum absolute atomic E-state index is 8.86. The predicted molar refractivity (Wildman–Crippen MR) is 79.1 cm³/mol. The van der Waals surface area contributed by atoms with Gasteiger partial charge in [0, 0.05) is 12.2 Å². The molecular formula is C15H14ClN3. The van der Waals surface area contributed by atoms with Gasteiger partial charge in [0.15, 0.2) is 0 Å². The van der Waals surface area contributed by atoms with Gasteiger partial charge in [-0.2, -0.15) is 5.26 Å². The molecule has 0 saturated carbocycles. The van der Waals surface area contributed by atoms with Gasteiger partial charge in [-0.15, -0.1) is 0 Å². The molecule has 0 aliphatic rings. The zero-order valence-electron chi connectivity index (χ0n) is 10.6. The van der Waals surface area contributed by atoms with Crippen molar-refractivity contribution in [3.8, 4) is 6.07 Å². The lowest BCUT2D eigenvalue weighted by Crippen LogP contribution is -2.02. The molecule has 0 aliphatic heterocycles. The third-order valence-electron chi connectivity index (χ3n) is 2.88. The van der Waals surface area contributed by atoms with Gasteiger partial charge < -0.3 is 11.1 Å². The van der Waals surface area contributed by atoms with Crippen molar-refractivity contribution in [2.24, 2.45) is 0 Å². The van der Waals surface area contributed by atoms with Crippen LogP contribution >= 0.6 is 11.6 Å². The molecule has 0 aromatic heterocycles. The maximum Gasteiger partial charge on any atom is 0.0991 e. The fraction of sp³-hybridized carbons (Fsp3) is 0.133. The van der Waals surface area contributed by atoms with E-state index in [2.05, 4.69) is 11.4 Å². The standard InChI is InChI=1S/C15H14ClN3/c1-10-5-14(18)13(16)7-15(10)19-9-12-4-2-3-11(6-12)8-17/h2-7,19H,9,18H2,1H3. The van der Waals surface area contributed by atoms with E-state index in [1.54, 1.807) is 6.07 Å². The summed E-state index contributed by atoms with van der Waals surface area (Å²) in [7, 11) is 0. The minimum atomic E-state index is 0.541. The summed E-state index contributed by atoms with van der Waals surface area (Å²) in [5.41, 5.74) is 10.0. The van der Waals surface area contributed by atoms with Crippen LogP contribution in [0, 0.1) is 18.3 Å². The lowest BCUT2D eigenvalue weighted by atomic mass is 10.1. The Morgan fingerprint density at radius 1 is 1.32 bits per heavy atom. The summed E-state index contributed by atoms with van der Waals surface area (Å²) >= 11 is 6.01. The summed E-state index contributed by atoms with van der Waals surface area (Å²) in [5.74, 6) is 0. The van der Waals surface area contributed by atoms with Crippen LogP contribution in [0.15, 0.2) is 36.4 Å². The predicted octanol–water partition coefficient (Wildman–Crippen LogP) is 3.71. The molecule has 0 unspecified atom stereocenters. The fourth-order valence-electron chi connectivity index (χ4n) is 1.84. The van der Waals surface area contributed by atoms with Gasteiger partial charge in [-0.25, -0.2) is 0 Å². The van der Waals surface area contributed by atoms with Crippen LogP contribution in [0.3, 0.4) is 0 Å². The molecule has 4 heteroatoms. The van der Waals surface area contributed by atoms with E-state index in [9.17, 15) is 0 Å². The Hall–Kier alpha value is -2.18. The van der Waals surface area contributed by atoms with Crippen molar-refractivity contribution in [3.05, 3.63) is 58.1 Å². The molecule has 0 heterocycles. The second kappa shape index (κ2) is 5.64. The number of benzene rings is 2. The molecule has 0 saturated heterocycles. The Kier molecular flexibility index (Phi) is 3.94. The number of aryl methyl sites for hydroxylation is 1. The molecule has 2 aromatic carbocycles. The molecule has 0 bridgehead atoms. The molecule has 19 heavy (non-hydrogen) atoms. The quantitative estimate of drug-likeness (QED) is 0.837. The van der Waals surface area contributed by atoms with Crippen molar-refractivity contribution in [2.45, 2.75) is 13.5 Å². The molecular weight excluding hydrogens is 258 g/mol. The highest BCUT2D eigenvalue weighted by atomic mass is 35.5. The lowest BCUT2D eigenvalue weighted by molar-refractivity contribution is 1.14. The van der Waals surface area contributed by atoms with E-state index in [-0.39, 0.29) is 0 Å². The molecule has 0 amide bonds. The van der Waals surface area contributed by atoms with Crippen LogP contribution in [-0.2, 0) is 6.54 Å². The van der Waals surface area contributed by atoms with Gasteiger partial charge in [-0.3, -0.25) is 0 Å². The monoisotopic (exact) mass is 271 g/mol. The molecule has 0 radical (unpaired) electrons. The number of halogens is 1. The average Bonchev–Trinajstić information content (AvgIpc) is 2.41. The van der Waals surface area contributed by atoms with Crippen LogP contribution in [0.1, 0.15) is 16.7 Å². The summed E-state index contributed by atoms with van der Waals surface area (Å²) in [6.45, 7) is 2.61. The van der Waals surface area contributed by atoms with Crippen molar-refractivity contribution in [2.75, 3.05) is 11.1 Å². The Morgan fingerprint density at radius 2 is 2.11 bits per heavy atom. The SMILES string of the molecule is Cc1cc(N)c(Cl)cc1NCc1cccc(C#N)c1. The topological polar surface area (TPSA) is 61.8 Å². The van der Waals surface area contributed by atoms with Crippen LogP contribution in [0.4, 0.5) is 11.4 Å². The van der Waals surface area contributed by atoms with Crippen molar-refractivity contribution >= 4 is 23.0 Å². The first-order chi connectivity index (χ1) is 9.10. The Bertz CT molecular complexity index is 644. The molecule has 0 spiro atoms. The van der Waals surface area contributed by atoms with E-state index in [0.29, 0.717) is 22.8 Å². The number of nitrogens with zero attached hydrogens (tertiary/aromatic N) is 1. The van der Waals surface area contributed by atoms with E-state index in [1.165, 1.54) is 0 Å². The number of rotatable bonds is 3. The molecule has 2 rings (SSSR count). The number of nitrogens with two attached hydrogens (primary N) is 1. The van der Waals surface area contributed by atoms with Gasteiger partial charge in [0.2, 0.25) is 0 Å². The van der Waals surface area contributed by atoms with Crippen LogP contribution in [0.5, 0.6) is 0 Å². The summed E-state index contributed by atoms with van der Waals surface area (Å²) < 4.78 is 0. The highest BCUT2D eigenvalue weighted by Crippen LogP contribution is 2.27. The Balaban J connectivity index is 2.14. The highest BCUT2D eigenvalue weighted by molar-refractivity contribution is 6.33. The first-order valence-electron chi connectivity index (χ1n) is 5.88. The lowest BCUT2D eigenvalue weighted by Gasteiger charge is -2.11.